The summed E-state index contributed by atoms with van der Waals surface area (Å²) in [6, 6.07) is 12.7. The molecule has 0 fully saturated rings. The third kappa shape index (κ3) is 6.07. The van der Waals surface area contributed by atoms with Crippen LogP contribution in [0.5, 0.6) is 0 Å². The zero-order valence-electron chi connectivity index (χ0n) is 17.7. The van der Waals surface area contributed by atoms with Crippen LogP contribution in [0.25, 0.3) is 0 Å². The number of unbranched alkanes of at least 4 members (excludes halogenated alkanes) is 1. The highest BCUT2D eigenvalue weighted by molar-refractivity contribution is 5.99. The summed E-state index contributed by atoms with van der Waals surface area (Å²) in [5, 5.41) is 8.72. The Bertz CT molecular complexity index is 864. The molecule has 6 nitrogen and oxygen atoms in total. The van der Waals surface area contributed by atoms with Gasteiger partial charge in [-0.1, -0.05) is 29.8 Å². The van der Waals surface area contributed by atoms with Gasteiger partial charge >= 0.3 is 6.03 Å². The summed E-state index contributed by atoms with van der Waals surface area (Å²) >= 11 is 0. The Morgan fingerprint density at radius 3 is 2.53 bits per heavy atom. The quantitative estimate of drug-likeness (QED) is 0.495. The maximum atomic E-state index is 12.8. The molecular formula is C24H32N4O2. The van der Waals surface area contributed by atoms with Crippen LogP contribution < -0.4 is 21.7 Å². The minimum absolute atomic E-state index is 0.221. The van der Waals surface area contributed by atoms with E-state index in [1.807, 2.05) is 43.3 Å². The summed E-state index contributed by atoms with van der Waals surface area (Å²) in [5.74, 6) is -0.221. The number of amides is 3. The van der Waals surface area contributed by atoms with E-state index in [9.17, 15) is 9.59 Å². The number of nitrogens with one attached hydrogen (secondary N) is 3. The van der Waals surface area contributed by atoms with E-state index in [0.717, 1.165) is 43.4 Å². The number of benzene rings is 2. The highest BCUT2D eigenvalue weighted by Crippen LogP contribution is 2.27. The van der Waals surface area contributed by atoms with Crippen LogP contribution in [0.4, 0.5) is 16.2 Å². The van der Waals surface area contributed by atoms with E-state index in [2.05, 4.69) is 22.0 Å². The van der Waals surface area contributed by atoms with Crippen LogP contribution in [0.2, 0.25) is 0 Å². The molecule has 0 aromatic heterocycles. The van der Waals surface area contributed by atoms with Crippen LogP contribution in [0.15, 0.2) is 42.5 Å². The van der Waals surface area contributed by atoms with E-state index in [0.29, 0.717) is 18.7 Å². The van der Waals surface area contributed by atoms with Crippen LogP contribution in [-0.4, -0.2) is 24.5 Å². The van der Waals surface area contributed by atoms with Crippen LogP contribution >= 0.6 is 0 Å². The highest BCUT2D eigenvalue weighted by Gasteiger charge is 2.22. The fourth-order valence-electron chi connectivity index (χ4n) is 3.84. The van der Waals surface area contributed by atoms with Gasteiger partial charge in [-0.05, 0) is 87.7 Å². The molecule has 0 bridgehead atoms. The molecule has 2 aromatic rings. The highest BCUT2D eigenvalue weighted by atomic mass is 16.2. The van der Waals surface area contributed by atoms with E-state index < -0.39 is 6.04 Å². The molecular weight excluding hydrogens is 376 g/mol. The van der Waals surface area contributed by atoms with Gasteiger partial charge in [-0.3, -0.25) is 4.79 Å². The molecule has 0 spiro atoms. The first-order valence-corrected chi connectivity index (χ1v) is 10.8. The SMILES string of the molecule is Cc1ccc(NC(=O)[C@H](CCCCN)NC(=O)Nc2cccc3c2CCCC3)cc1. The van der Waals surface area contributed by atoms with Gasteiger partial charge in [0, 0.05) is 11.4 Å². The van der Waals surface area contributed by atoms with Gasteiger partial charge in [0.25, 0.3) is 0 Å². The Morgan fingerprint density at radius 2 is 1.77 bits per heavy atom. The van der Waals surface area contributed by atoms with E-state index in [1.165, 1.54) is 17.5 Å². The van der Waals surface area contributed by atoms with Crippen LogP contribution in [0, 0.1) is 6.92 Å². The van der Waals surface area contributed by atoms with Crippen molar-refractivity contribution in [2.24, 2.45) is 5.73 Å². The van der Waals surface area contributed by atoms with Crippen molar-refractivity contribution < 1.29 is 9.59 Å². The van der Waals surface area contributed by atoms with E-state index in [-0.39, 0.29) is 11.9 Å². The minimum Gasteiger partial charge on any atom is -0.330 e. The molecule has 3 amide bonds. The van der Waals surface area contributed by atoms with Crippen molar-refractivity contribution in [3.8, 4) is 0 Å². The average Bonchev–Trinajstić information content (AvgIpc) is 2.75. The fourth-order valence-corrected chi connectivity index (χ4v) is 3.84. The Kier molecular flexibility index (Phi) is 7.85. The molecule has 0 unspecified atom stereocenters. The molecule has 6 heteroatoms. The molecule has 5 N–H and O–H groups in total. The number of carbonyl (C=O) groups is 2. The van der Waals surface area contributed by atoms with E-state index in [4.69, 9.17) is 5.73 Å². The van der Waals surface area contributed by atoms with E-state index >= 15 is 0 Å². The molecule has 0 heterocycles. The third-order valence-corrected chi connectivity index (χ3v) is 5.53. The topological polar surface area (TPSA) is 96.2 Å². The maximum Gasteiger partial charge on any atom is 0.319 e. The Morgan fingerprint density at radius 1 is 1.00 bits per heavy atom. The first-order chi connectivity index (χ1) is 14.6. The summed E-state index contributed by atoms with van der Waals surface area (Å²) in [6.07, 6.45) is 6.45. The Balaban J connectivity index is 1.65. The van der Waals surface area contributed by atoms with Crippen LogP contribution in [0.1, 0.15) is 48.8 Å². The summed E-state index contributed by atoms with van der Waals surface area (Å²) in [4.78, 5) is 25.5. The number of fused-ring (bicyclic) bond motifs is 1. The summed E-state index contributed by atoms with van der Waals surface area (Å²) in [5.41, 5.74) is 10.8. The monoisotopic (exact) mass is 408 g/mol. The van der Waals surface area contributed by atoms with E-state index in [1.54, 1.807) is 0 Å². The lowest BCUT2D eigenvalue weighted by Crippen LogP contribution is -2.45. The van der Waals surface area contributed by atoms with Gasteiger partial charge in [0.15, 0.2) is 0 Å². The summed E-state index contributed by atoms with van der Waals surface area (Å²) in [7, 11) is 0. The van der Waals surface area contributed by atoms with Gasteiger partial charge in [0.2, 0.25) is 5.91 Å². The molecule has 2 aromatic carbocycles. The molecule has 0 aliphatic heterocycles. The van der Waals surface area contributed by atoms with Crippen molar-refractivity contribution in [2.75, 3.05) is 17.2 Å². The second-order valence-corrected chi connectivity index (χ2v) is 7.94. The van der Waals surface area contributed by atoms with Gasteiger partial charge in [-0.2, -0.15) is 0 Å². The van der Waals surface area contributed by atoms with Crippen LogP contribution in [-0.2, 0) is 17.6 Å². The predicted octanol–water partition coefficient (Wildman–Crippen LogP) is 4.13. The zero-order chi connectivity index (χ0) is 21.3. The lowest BCUT2D eigenvalue weighted by Gasteiger charge is -2.22. The first-order valence-electron chi connectivity index (χ1n) is 10.8. The van der Waals surface area contributed by atoms with Gasteiger partial charge in [0.1, 0.15) is 6.04 Å². The van der Waals surface area contributed by atoms with Gasteiger partial charge < -0.3 is 21.7 Å². The Labute approximate surface area is 178 Å². The molecule has 0 radical (unpaired) electrons. The standard InChI is InChI=1S/C24H32N4O2/c1-17-12-14-19(15-13-17)26-23(29)22(10-4-5-16-25)28-24(30)27-21-11-6-8-18-7-2-3-9-20(18)21/h6,8,11-15,22H,2-5,7,9-10,16,25H2,1H3,(H,26,29)(H2,27,28,30)/t22-/m0/s1. The minimum atomic E-state index is -0.627. The van der Waals surface area contributed by atoms with Crippen molar-refractivity contribution in [3.05, 3.63) is 59.2 Å². The number of hydrogen-bond donors (Lipinski definition) is 4. The van der Waals surface area contributed by atoms with Crippen molar-refractivity contribution in [1.82, 2.24) is 5.32 Å². The zero-order valence-corrected chi connectivity index (χ0v) is 17.7. The second-order valence-electron chi connectivity index (χ2n) is 7.94. The first kappa shape index (κ1) is 21.8. The maximum absolute atomic E-state index is 12.8. The summed E-state index contributed by atoms with van der Waals surface area (Å²) < 4.78 is 0. The number of rotatable bonds is 8. The molecule has 0 saturated carbocycles. The normalized spacial score (nSPS) is 13.8. The number of nitrogens with two attached hydrogens (primary N) is 1. The third-order valence-electron chi connectivity index (χ3n) is 5.53. The summed E-state index contributed by atoms with van der Waals surface area (Å²) in [6.45, 7) is 2.56. The van der Waals surface area contributed by atoms with Crippen molar-refractivity contribution >= 4 is 23.3 Å². The number of anilines is 2. The molecule has 1 aliphatic rings. The van der Waals surface area contributed by atoms with Crippen LogP contribution in [0.3, 0.4) is 0 Å². The van der Waals surface area contributed by atoms with Gasteiger partial charge in [-0.15, -0.1) is 0 Å². The van der Waals surface area contributed by atoms with Crippen molar-refractivity contribution in [1.29, 1.82) is 0 Å². The number of aryl methyl sites for hydroxylation is 2. The van der Waals surface area contributed by atoms with Gasteiger partial charge in [-0.25, -0.2) is 4.79 Å². The number of urea groups is 1. The second kappa shape index (κ2) is 10.8. The lowest BCUT2D eigenvalue weighted by atomic mass is 9.90. The molecule has 3 rings (SSSR count). The molecule has 0 saturated heterocycles. The largest absolute Gasteiger partial charge is 0.330 e. The van der Waals surface area contributed by atoms with Gasteiger partial charge in [0.05, 0.1) is 0 Å². The Hall–Kier alpha value is -2.86. The molecule has 1 atom stereocenters. The predicted molar refractivity (Wildman–Crippen MR) is 122 cm³/mol. The molecule has 1 aliphatic carbocycles. The number of carbonyl (C=O) groups excluding carboxylic acids is 2. The lowest BCUT2D eigenvalue weighted by molar-refractivity contribution is -0.118. The number of hydrogen-bond acceptors (Lipinski definition) is 3. The molecule has 30 heavy (non-hydrogen) atoms. The van der Waals surface area contributed by atoms with Crippen molar-refractivity contribution in [2.45, 2.75) is 57.9 Å². The fraction of sp³-hybridized carbons (Fsp3) is 0.417. The average molecular weight is 409 g/mol. The molecule has 160 valence electrons. The van der Waals surface area contributed by atoms with Crippen molar-refractivity contribution in [3.63, 3.8) is 0 Å². The smallest absolute Gasteiger partial charge is 0.319 e.